The van der Waals surface area contributed by atoms with Crippen molar-refractivity contribution in [3.63, 3.8) is 0 Å². The zero-order valence-corrected chi connectivity index (χ0v) is 20.2. The van der Waals surface area contributed by atoms with E-state index >= 15 is 0 Å². The molecule has 2 aromatic rings. The number of aromatic nitrogens is 2. The number of ether oxygens (including phenoxy) is 1. The molecule has 0 saturated carbocycles. The van der Waals surface area contributed by atoms with Gasteiger partial charge >= 0.3 is 0 Å². The predicted octanol–water partition coefficient (Wildman–Crippen LogP) is 2.82. The first-order valence-corrected chi connectivity index (χ1v) is 9.98. The zero-order valence-electron chi connectivity index (χ0n) is 17.8. The fourth-order valence-corrected chi connectivity index (χ4v) is 3.65. The van der Waals surface area contributed by atoms with E-state index in [0.29, 0.717) is 6.61 Å². The molecule has 0 aliphatic carbocycles. The Bertz CT molecular complexity index is 793. The normalized spacial score (nSPS) is 17.0. The van der Waals surface area contributed by atoms with Gasteiger partial charge in [-0.25, -0.2) is 0 Å². The molecule has 8 heteroatoms. The average molecular weight is 512 g/mol. The van der Waals surface area contributed by atoms with E-state index < -0.39 is 0 Å². The van der Waals surface area contributed by atoms with E-state index in [4.69, 9.17) is 4.74 Å². The third-order valence-corrected chi connectivity index (χ3v) is 5.18. The van der Waals surface area contributed by atoms with E-state index in [1.165, 1.54) is 11.3 Å². The molecule has 0 spiro atoms. The summed E-state index contributed by atoms with van der Waals surface area (Å²) < 4.78 is 7.76. The van der Waals surface area contributed by atoms with E-state index in [2.05, 4.69) is 63.3 Å². The van der Waals surface area contributed by atoms with Crippen molar-refractivity contribution in [2.24, 2.45) is 12.0 Å². The molecule has 3 rings (SSSR count). The maximum Gasteiger partial charge on any atom is 0.193 e. The van der Waals surface area contributed by atoms with E-state index in [9.17, 15) is 0 Å². The van der Waals surface area contributed by atoms with Crippen LogP contribution in [-0.2, 0) is 11.8 Å². The van der Waals surface area contributed by atoms with Crippen LogP contribution in [0.4, 0.5) is 5.69 Å². The van der Waals surface area contributed by atoms with Crippen LogP contribution in [0.25, 0.3) is 0 Å². The highest BCUT2D eigenvalue weighted by molar-refractivity contribution is 14.0. The van der Waals surface area contributed by atoms with Gasteiger partial charge < -0.3 is 19.9 Å². The van der Waals surface area contributed by atoms with Crippen molar-refractivity contribution in [3.05, 3.63) is 47.8 Å². The number of anilines is 1. The van der Waals surface area contributed by atoms with Crippen LogP contribution in [0.2, 0.25) is 0 Å². The van der Waals surface area contributed by atoms with Gasteiger partial charge in [-0.15, -0.1) is 24.0 Å². The summed E-state index contributed by atoms with van der Waals surface area (Å²) in [6.45, 7) is 9.40. The second-order valence-electron chi connectivity index (χ2n) is 7.09. The van der Waals surface area contributed by atoms with Crippen LogP contribution in [0, 0.1) is 6.92 Å². The molecule has 1 atom stereocenters. The Morgan fingerprint density at radius 1 is 1.38 bits per heavy atom. The van der Waals surface area contributed by atoms with Crippen LogP contribution in [0.1, 0.15) is 24.2 Å². The molecule has 1 aliphatic rings. The van der Waals surface area contributed by atoms with Gasteiger partial charge in [0.25, 0.3) is 0 Å². The molecule has 1 aliphatic heterocycles. The van der Waals surface area contributed by atoms with Crippen LogP contribution in [0.5, 0.6) is 0 Å². The number of hydrogen-bond donors (Lipinski definition) is 1. The van der Waals surface area contributed by atoms with Gasteiger partial charge in [-0.2, -0.15) is 5.10 Å². The summed E-state index contributed by atoms with van der Waals surface area (Å²) in [4.78, 5) is 9.16. The number of halogens is 1. The molecule has 1 N–H and O–H groups in total. The second-order valence-corrected chi connectivity index (χ2v) is 7.09. The average Bonchev–Trinajstić information content (AvgIpc) is 3.16. The first-order valence-electron chi connectivity index (χ1n) is 9.98. The Kier molecular flexibility index (Phi) is 9.22. The fraction of sp³-hybridized carbons (Fsp3) is 0.524. The van der Waals surface area contributed by atoms with Gasteiger partial charge in [0.15, 0.2) is 5.96 Å². The molecule has 29 heavy (non-hydrogen) atoms. The van der Waals surface area contributed by atoms with Gasteiger partial charge in [0.05, 0.1) is 19.3 Å². The first kappa shape index (κ1) is 23.5. The molecule has 1 unspecified atom stereocenters. The maximum atomic E-state index is 5.95. The van der Waals surface area contributed by atoms with Gasteiger partial charge in [0.2, 0.25) is 0 Å². The molecule has 1 aromatic heterocycles. The van der Waals surface area contributed by atoms with E-state index in [1.54, 1.807) is 0 Å². The molecule has 160 valence electrons. The number of nitrogens with one attached hydrogen (secondary N) is 1. The lowest BCUT2D eigenvalue weighted by Crippen LogP contribution is -2.49. The molecule has 0 amide bonds. The Labute approximate surface area is 191 Å². The Morgan fingerprint density at radius 2 is 2.17 bits per heavy atom. The molecule has 7 nitrogen and oxygen atoms in total. The Morgan fingerprint density at radius 3 is 2.83 bits per heavy atom. The highest BCUT2D eigenvalue weighted by Gasteiger charge is 2.25. The molecule has 0 bridgehead atoms. The number of morpholine rings is 1. The summed E-state index contributed by atoms with van der Waals surface area (Å²) in [5.74, 6) is 0.929. The minimum absolute atomic E-state index is 0. The van der Waals surface area contributed by atoms with Gasteiger partial charge in [-0.1, -0.05) is 18.2 Å². The van der Waals surface area contributed by atoms with Crippen LogP contribution in [0.3, 0.4) is 0 Å². The molecule has 1 fully saturated rings. The summed E-state index contributed by atoms with van der Waals surface area (Å²) in [7, 11) is 3.77. The second kappa shape index (κ2) is 11.4. The summed E-state index contributed by atoms with van der Waals surface area (Å²) in [5.41, 5.74) is 3.71. The summed E-state index contributed by atoms with van der Waals surface area (Å²) in [6, 6.07) is 8.54. The summed E-state index contributed by atoms with van der Waals surface area (Å²) in [5, 5.41) is 7.79. The highest BCUT2D eigenvalue weighted by atomic mass is 127. The van der Waals surface area contributed by atoms with E-state index in [-0.39, 0.29) is 30.1 Å². The molecule has 1 saturated heterocycles. The highest BCUT2D eigenvalue weighted by Crippen LogP contribution is 2.22. The van der Waals surface area contributed by atoms with Crippen molar-refractivity contribution >= 4 is 35.6 Å². The number of aryl methyl sites for hydroxylation is 2. The van der Waals surface area contributed by atoms with Crippen LogP contribution >= 0.6 is 24.0 Å². The number of benzene rings is 1. The minimum atomic E-state index is 0. The van der Waals surface area contributed by atoms with Crippen LogP contribution < -0.4 is 10.2 Å². The minimum Gasteiger partial charge on any atom is -0.370 e. The third kappa shape index (κ3) is 6.08. The number of likely N-dealkylation sites (N-methyl/N-ethyl adjacent to an activating group) is 1. The lowest BCUT2D eigenvalue weighted by atomic mass is 10.1. The topological polar surface area (TPSA) is 57.9 Å². The molecule has 0 radical (unpaired) electrons. The van der Waals surface area contributed by atoms with E-state index in [1.807, 2.05) is 31.2 Å². The van der Waals surface area contributed by atoms with E-state index in [0.717, 1.165) is 44.2 Å². The van der Waals surface area contributed by atoms with Gasteiger partial charge in [-0.05, 0) is 25.5 Å². The van der Waals surface area contributed by atoms with Crippen molar-refractivity contribution < 1.29 is 4.74 Å². The van der Waals surface area contributed by atoms with Crippen molar-refractivity contribution in [2.75, 3.05) is 51.3 Å². The Hall–Kier alpha value is -1.81. The first-order chi connectivity index (χ1) is 13.6. The zero-order chi connectivity index (χ0) is 19.9. The van der Waals surface area contributed by atoms with Gasteiger partial charge in [0.1, 0.15) is 6.10 Å². The lowest BCUT2D eigenvalue weighted by Gasteiger charge is -2.35. The summed E-state index contributed by atoms with van der Waals surface area (Å²) in [6.07, 6.45) is 3.93. The quantitative estimate of drug-likeness (QED) is 0.367. The Balaban J connectivity index is 0.00000300. The van der Waals surface area contributed by atoms with Crippen molar-refractivity contribution in [1.29, 1.82) is 0 Å². The van der Waals surface area contributed by atoms with Gasteiger partial charge in [0, 0.05) is 57.7 Å². The molecular formula is C21H33IN6O. The van der Waals surface area contributed by atoms with Gasteiger partial charge in [-0.3, -0.25) is 9.67 Å². The largest absolute Gasteiger partial charge is 0.370 e. The number of para-hydroxylation sites is 1. The smallest absolute Gasteiger partial charge is 0.193 e. The number of guanidine groups is 1. The SMILES string of the molecule is CCN(CCNC(=NC)N1CCOC(c2cnn(C)c2)C1)c1ccccc1C.I. The number of aliphatic imine (C=N–C) groups is 1. The van der Waals surface area contributed by atoms with Crippen molar-refractivity contribution in [2.45, 2.75) is 20.0 Å². The van der Waals surface area contributed by atoms with Crippen molar-refractivity contribution in [3.8, 4) is 0 Å². The number of rotatable bonds is 6. The molecular weight excluding hydrogens is 479 g/mol. The fourth-order valence-electron chi connectivity index (χ4n) is 3.65. The standard InChI is InChI=1S/C21H32N6O.HI/c1-5-26(19-9-7-6-8-17(19)2)11-10-23-21(22-3)27-12-13-28-20(16-27)18-14-24-25(4)15-18;/h6-9,14-15,20H,5,10-13,16H2,1-4H3,(H,22,23);1H. The number of nitrogens with zero attached hydrogens (tertiary/aromatic N) is 5. The third-order valence-electron chi connectivity index (χ3n) is 5.18. The molecule has 1 aromatic carbocycles. The maximum absolute atomic E-state index is 5.95. The van der Waals surface area contributed by atoms with Crippen LogP contribution in [0.15, 0.2) is 41.7 Å². The monoisotopic (exact) mass is 512 g/mol. The predicted molar refractivity (Wildman–Crippen MR) is 129 cm³/mol. The lowest BCUT2D eigenvalue weighted by molar-refractivity contribution is -0.00800. The molecule has 2 heterocycles. The number of hydrogen-bond acceptors (Lipinski definition) is 4. The van der Waals surface area contributed by atoms with Crippen molar-refractivity contribution in [1.82, 2.24) is 20.0 Å². The summed E-state index contributed by atoms with van der Waals surface area (Å²) >= 11 is 0. The van der Waals surface area contributed by atoms with Crippen LogP contribution in [-0.4, -0.2) is 67.0 Å².